The lowest BCUT2D eigenvalue weighted by atomic mass is 10.2. The molecule has 0 aromatic heterocycles. The number of amides is 3. The summed E-state index contributed by atoms with van der Waals surface area (Å²) >= 11 is 0. The SMILES string of the molecule is CCNC(=O)NC(=O)C(C)Nc1ccc2c(c1)OCCO2. The van der Waals surface area contributed by atoms with Gasteiger partial charge in [-0.1, -0.05) is 0 Å². The van der Waals surface area contributed by atoms with Crippen LogP contribution >= 0.6 is 0 Å². The molecule has 21 heavy (non-hydrogen) atoms. The fourth-order valence-corrected chi connectivity index (χ4v) is 1.87. The maximum Gasteiger partial charge on any atom is 0.321 e. The van der Waals surface area contributed by atoms with E-state index in [0.29, 0.717) is 31.3 Å². The minimum atomic E-state index is -0.560. The first-order valence-corrected chi connectivity index (χ1v) is 6.85. The van der Waals surface area contributed by atoms with E-state index in [0.717, 1.165) is 5.69 Å². The van der Waals surface area contributed by atoms with Crippen molar-refractivity contribution in [3.05, 3.63) is 18.2 Å². The maximum absolute atomic E-state index is 11.8. The molecule has 1 atom stereocenters. The Hall–Kier alpha value is -2.44. The number of carbonyl (C=O) groups excluding carboxylic acids is 2. The van der Waals surface area contributed by atoms with E-state index < -0.39 is 18.0 Å². The lowest BCUT2D eigenvalue weighted by molar-refractivity contribution is -0.120. The Balaban J connectivity index is 1.94. The predicted molar refractivity (Wildman–Crippen MR) is 77.7 cm³/mol. The summed E-state index contributed by atoms with van der Waals surface area (Å²) in [6.07, 6.45) is 0. The van der Waals surface area contributed by atoms with Crippen molar-refractivity contribution >= 4 is 17.6 Å². The highest BCUT2D eigenvalue weighted by Crippen LogP contribution is 2.32. The van der Waals surface area contributed by atoms with Crippen molar-refractivity contribution in [2.24, 2.45) is 0 Å². The van der Waals surface area contributed by atoms with E-state index >= 15 is 0 Å². The molecule has 1 heterocycles. The number of hydrogen-bond acceptors (Lipinski definition) is 5. The van der Waals surface area contributed by atoms with Gasteiger partial charge in [0.2, 0.25) is 5.91 Å². The van der Waals surface area contributed by atoms with Gasteiger partial charge >= 0.3 is 6.03 Å². The van der Waals surface area contributed by atoms with Gasteiger partial charge < -0.3 is 20.1 Å². The first kappa shape index (κ1) is 15.0. The van der Waals surface area contributed by atoms with Gasteiger partial charge in [-0.05, 0) is 26.0 Å². The second-order valence-corrected chi connectivity index (χ2v) is 4.57. The Morgan fingerprint density at radius 3 is 2.67 bits per heavy atom. The molecule has 3 N–H and O–H groups in total. The van der Waals surface area contributed by atoms with E-state index in [1.165, 1.54) is 0 Å². The minimum absolute atomic E-state index is 0.407. The van der Waals surface area contributed by atoms with E-state index in [2.05, 4.69) is 16.0 Å². The normalized spacial score (nSPS) is 14.0. The molecule has 0 aliphatic carbocycles. The molecular formula is C14H19N3O4. The molecule has 114 valence electrons. The van der Waals surface area contributed by atoms with Crippen molar-refractivity contribution < 1.29 is 19.1 Å². The van der Waals surface area contributed by atoms with Crippen molar-refractivity contribution in [3.63, 3.8) is 0 Å². The molecule has 7 nitrogen and oxygen atoms in total. The van der Waals surface area contributed by atoms with Crippen molar-refractivity contribution in [2.45, 2.75) is 19.9 Å². The number of carbonyl (C=O) groups is 2. The van der Waals surface area contributed by atoms with Crippen LogP contribution in [0.4, 0.5) is 10.5 Å². The summed E-state index contributed by atoms with van der Waals surface area (Å²) in [7, 11) is 0. The molecule has 1 unspecified atom stereocenters. The third kappa shape index (κ3) is 4.01. The zero-order valence-corrected chi connectivity index (χ0v) is 12.1. The van der Waals surface area contributed by atoms with Gasteiger partial charge in [0.05, 0.1) is 0 Å². The molecule has 2 rings (SSSR count). The zero-order chi connectivity index (χ0) is 15.2. The van der Waals surface area contributed by atoms with Crippen LogP contribution < -0.4 is 25.4 Å². The Bertz CT molecular complexity index is 533. The highest BCUT2D eigenvalue weighted by atomic mass is 16.6. The maximum atomic E-state index is 11.8. The van der Waals surface area contributed by atoms with E-state index in [4.69, 9.17) is 9.47 Å². The smallest absolute Gasteiger partial charge is 0.321 e. The summed E-state index contributed by atoms with van der Waals surface area (Å²) in [6, 6.07) is 4.28. The standard InChI is InChI=1S/C14H19N3O4/c1-3-15-14(19)17-13(18)9(2)16-10-4-5-11-12(8-10)21-7-6-20-11/h4-5,8-9,16H,3,6-7H2,1-2H3,(H2,15,17,18,19). The van der Waals surface area contributed by atoms with Crippen LogP contribution in [-0.2, 0) is 4.79 Å². The molecular weight excluding hydrogens is 274 g/mol. The average Bonchev–Trinajstić information content (AvgIpc) is 2.47. The summed E-state index contributed by atoms with van der Waals surface area (Å²) in [5.41, 5.74) is 0.720. The Kier molecular flexibility index (Phi) is 4.86. The predicted octanol–water partition coefficient (Wildman–Crippen LogP) is 1.10. The highest BCUT2D eigenvalue weighted by Gasteiger charge is 2.17. The largest absolute Gasteiger partial charge is 0.486 e. The van der Waals surface area contributed by atoms with Crippen LogP contribution in [0.25, 0.3) is 0 Å². The highest BCUT2D eigenvalue weighted by molar-refractivity contribution is 5.97. The molecule has 0 saturated heterocycles. The molecule has 1 aromatic carbocycles. The summed E-state index contributed by atoms with van der Waals surface area (Å²) < 4.78 is 10.9. The first-order chi connectivity index (χ1) is 10.1. The fraction of sp³-hybridized carbons (Fsp3) is 0.429. The van der Waals surface area contributed by atoms with Crippen molar-refractivity contribution in [3.8, 4) is 11.5 Å². The van der Waals surface area contributed by atoms with Gasteiger partial charge in [-0.15, -0.1) is 0 Å². The number of ether oxygens (including phenoxy) is 2. The van der Waals surface area contributed by atoms with E-state index in [1.807, 2.05) is 0 Å². The van der Waals surface area contributed by atoms with Gasteiger partial charge in [0, 0.05) is 18.3 Å². The van der Waals surface area contributed by atoms with E-state index in [-0.39, 0.29) is 0 Å². The van der Waals surface area contributed by atoms with Crippen molar-refractivity contribution in [2.75, 3.05) is 25.1 Å². The summed E-state index contributed by atoms with van der Waals surface area (Å²) in [6.45, 7) is 4.95. The molecule has 1 aromatic rings. The third-order valence-electron chi connectivity index (χ3n) is 2.89. The number of nitrogens with one attached hydrogen (secondary N) is 3. The van der Waals surface area contributed by atoms with Crippen molar-refractivity contribution in [1.82, 2.24) is 10.6 Å². The molecule has 0 bridgehead atoms. The topological polar surface area (TPSA) is 88.7 Å². The number of anilines is 1. The van der Waals surface area contributed by atoms with Crippen LogP contribution in [0.3, 0.4) is 0 Å². The molecule has 1 aliphatic heterocycles. The van der Waals surface area contributed by atoms with E-state index in [9.17, 15) is 9.59 Å². The van der Waals surface area contributed by atoms with Gasteiger partial charge in [-0.2, -0.15) is 0 Å². The Morgan fingerprint density at radius 1 is 1.24 bits per heavy atom. The second kappa shape index (κ2) is 6.83. The van der Waals surface area contributed by atoms with Gasteiger partial charge in [0.15, 0.2) is 11.5 Å². The number of rotatable bonds is 4. The lowest BCUT2D eigenvalue weighted by Crippen LogP contribution is -2.45. The van der Waals surface area contributed by atoms with Crippen LogP contribution in [0.1, 0.15) is 13.8 Å². The molecule has 0 saturated carbocycles. The fourth-order valence-electron chi connectivity index (χ4n) is 1.87. The van der Waals surface area contributed by atoms with Gasteiger partial charge in [0.25, 0.3) is 0 Å². The number of hydrogen-bond donors (Lipinski definition) is 3. The average molecular weight is 293 g/mol. The lowest BCUT2D eigenvalue weighted by Gasteiger charge is -2.20. The Morgan fingerprint density at radius 2 is 1.95 bits per heavy atom. The second-order valence-electron chi connectivity index (χ2n) is 4.57. The molecule has 3 amide bonds. The molecule has 0 spiro atoms. The number of urea groups is 1. The molecule has 7 heteroatoms. The molecule has 0 fully saturated rings. The third-order valence-corrected chi connectivity index (χ3v) is 2.89. The van der Waals surface area contributed by atoms with Crippen LogP contribution in [0.15, 0.2) is 18.2 Å². The van der Waals surface area contributed by atoms with Gasteiger partial charge in [-0.3, -0.25) is 10.1 Å². The molecule has 1 aliphatic rings. The number of imide groups is 1. The number of fused-ring (bicyclic) bond motifs is 1. The summed E-state index contributed by atoms with van der Waals surface area (Å²) in [5.74, 6) is 0.921. The zero-order valence-electron chi connectivity index (χ0n) is 12.1. The van der Waals surface area contributed by atoms with Crippen LogP contribution in [-0.4, -0.2) is 37.7 Å². The quantitative estimate of drug-likeness (QED) is 0.773. The van der Waals surface area contributed by atoms with Crippen LogP contribution in [0.2, 0.25) is 0 Å². The van der Waals surface area contributed by atoms with Crippen LogP contribution in [0.5, 0.6) is 11.5 Å². The van der Waals surface area contributed by atoms with Gasteiger partial charge in [0.1, 0.15) is 19.3 Å². The van der Waals surface area contributed by atoms with Crippen LogP contribution in [0, 0.1) is 0 Å². The van der Waals surface area contributed by atoms with Gasteiger partial charge in [-0.25, -0.2) is 4.79 Å². The van der Waals surface area contributed by atoms with E-state index in [1.54, 1.807) is 32.0 Å². The van der Waals surface area contributed by atoms with Crippen molar-refractivity contribution in [1.29, 1.82) is 0 Å². The monoisotopic (exact) mass is 293 g/mol. The summed E-state index contributed by atoms with van der Waals surface area (Å²) in [4.78, 5) is 23.1. The molecule has 0 radical (unpaired) electrons. The minimum Gasteiger partial charge on any atom is -0.486 e. The summed E-state index contributed by atoms with van der Waals surface area (Å²) in [5, 5.41) is 7.77. The number of benzene rings is 1. The first-order valence-electron chi connectivity index (χ1n) is 6.85. The Labute approximate surface area is 123 Å².